The molecule has 2 aromatic rings. The third kappa shape index (κ3) is 3.19. The Morgan fingerprint density at radius 3 is 2.82 bits per heavy atom. The van der Waals surface area contributed by atoms with Gasteiger partial charge in [0.05, 0.1) is 0 Å². The molecule has 0 aliphatic carbocycles. The number of nitrogens with zero attached hydrogens (tertiary/aromatic N) is 1. The monoisotopic (exact) mass is 300 g/mol. The second-order valence-electron chi connectivity index (χ2n) is 5.31. The number of likely N-dealkylation sites (N-methyl/N-ethyl adjacent to an activating group) is 1. The van der Waals surface area contributed by atoms with Crippen LogP contribution in [0.3, 0.4) is 0 Å². The van der Waals surface area contributed by atoms with Crippen LogP contribution in [0, 0.1) is 5.82 Å². The van der Waals surface area contributed by atoms with Crippen molar-refractivity contribution >= 4 is 17.3 Å². The van der Waals surface area contributed by atoms with E-state index in [1.54, 1.807) is 0 Å². The second kappa shape index (κ2) is 6.05. The molecule has 0 unspecified atom stereocenters. The minimum Gasteiger partial charge on any atom is -0.484 e. The minimum absolute atomic E-state index is 0.113. The number of hydrogen-bond donors (Lipinski definition) is 1. The van der Waals surface area contributed by atoms with Crippen molar-refractivity contribution < 1.29 is 13.9 Å². The van der Waals surface area contributed by atoms with E-state index < -0.39 is 0 Å². The smallest absolute Gasteiger partial charge is 0.262 e. The van der Waals surface area contributed by atoms with Crippen molar-refractivity contribution in [2.45, 2.75) is 6.42 Å². The van der Waals surface area contributed by atoms with Crippen LogP contribution < -0.4 is 15.0 Å². The molecule has 1 amide bonds. The van der Waals surface area contributed by atoms with Crippen molar-refractivity contribution in [3.63, 3.8) is 0 Å². The van der Waals surface area contributed by atoms with Crippen molar-refractivity contribution in [2.75, 3.05) is 30.4 Å². The molecule has 0 saturated heterocycles. The van der Waals surface area contributed by atoms with E-state index in [0.717, 1.165) is 24.3 Å². The number of benzene rings is 2. The van der Waals surface area contributed by atoms with Gasteiger partial charge in [0, 0.05) is 25.0 Å². The number of carbonyl (C=O) groups excluding carboxylic acids is 1. The molecule has 3 rings (SSSR count). The summed E-state index contributed by atoms with van der Waals surface area (Å²) in [5, 5.41) is 2.81. The summed E-state index contributed by atoms with van der Waals surface area (Å²) in [4.78, 5) is 14.1. The van der Waals surface area contributed by atoms with Crippen LogP contribution in [0.4, 0.5) is 15.8 Å². The van der Waals surface area contributed by atoms with Crippen LogP contribution in [-0.2, 0) is 11.2 Å². The largest absolute Gasteiger partial charge is 0.484 e. The lowest BCUT2D eigenvalue weighted by Gasteiger charge is -2.13. The standard InChI is InChI=1S/C17H17FN2O2/c1-20-9-8-12-2-5-14(10-16(12)20)19-17(21)11-22-15-6-3-13(18)4-7-15/h2-7,10H,8-9,11H2,1H3,(H,19,21). The molecule has 114 valence electrons. The molecule has 1 aliphatic heterocycles. The molecule has 0 fully saturated rings. The van der Waals surface area contributed by atoms with Gasteiger partial charge in [0.25, 0.3) is 5.91 Å². The van der Waals surface area contributed by atoms with E-state index in [9.17, 15) is 9.18 Å². The Bertz CT molecular complexity index is 686. The van der Waals surface area contributed by atoms with Crippen LogP contribution in [0.5, 0.6) is 5.75 Å². The van der Waals surface area contributed by atoms with Gasteiger partial charge < -0.3 is 15.0 Å². The quantitative estimate of drug-likeness (QED) is 0.944. The van der Waals surface area contributed by atoms with Crippen LogP contribution >= 0.6 is 0 Å². The maximum Gasteiger partial charge on any atom is 0.262 e. The van der Waals surface area contributed by atoms with Gasteiger partial charge in [-0.15, -0.1) is 0 Å². The molecule has 4 nitrogen and oxygen atoms in total. The highest BCUT2D eigenvalue weighted by atomic mass is 19.1. The number of amides is 1. The number of ether oxygens (including phenoxy) is 1. The average Bonchev–Trinajstić information content (AvgIpc) is 2.88. The van der Waals surface area contributed by atoms with Gasteiger partial charge in [0.15, 0.2) is 6.61 Å². The summed E-state index contributed by atoms with van der Waals surface area (Å²) in [5.74, 6) is -0.116. The van der Waals surface area contributed by atoms with E-state index in [2.05, 4.69) is 10.2 Å². The number of nitrogens with one attached hydrogen (secondary N) is 1. The molecule has 0 radical (unpaired) electrons. The van der Waals surface area contributed by atoms with Crippen molar-refractivity contribution in [2.24, 2.45) is 0 Å². The van der Waals surface area contributed by atoms with Crippen LogP contribution in [0.25, 0.3) is 0 Å². The van der Waals surface area contributed by atoms with Crippen molar-refractivity contribution in [3.8, 4) is 5.75 Å². The van der Waals surface area contributed by atoms with E-state index in [1.165, 1.54) is 29.8 Å². The van der Waals surface area contributed by atoms with Gasteiger partial charge in [-0.3, -0.25) is 4.79 Å². The summed E-state index contributed by atoms with van der Waals surface area (Å²) < 4.78 is 18.1. The molecule has 0 bridgehead atoms. The van der Waals surface area contributed by atoms with Gasteiger partial charge in [0.1, 0.15) is 11.6 Å². The molecule has 1 heterocycles. The zero-order chi connectivity index (χ0) is 15.5. The highest BCUT2D eigenvalue weighted by molar-refractivity contribution is 5.92. The molecular weight excluding hydrogens is 283 g/mol. The Labute approximate surface area is 128 Å². The molecule has 5 heteroatoms. The highest BCUT2D eigenvalue weighted by Gasteiger charge is 2.16. The molecule has 1 aliphatic rings. The third-order valence-corrected chi connectivity index (χ3v) is 3.68. The number of carbonyl (C=O) groups is 1. The summed E-state index contributed by atoms with van der Waals surface area (Å²) in [6, 6.07) is 11.5. The number of halogens is 1. The molecule has 1 N–H and O–H groups in total. The fourth-order valence-electron chi connectivity index (χ4n) is 2.49. The first-order valence-electron chi connectivity index (χ1n) is 7.14. The Kier molecular flexibility index (Phi) is 3.96. The first-order valence-corrected chi connectivity index (χ1v) is 7.14. The average molecular weight is 300 g/mol. The number of anilines is 2. The topological polar surface area (TPSA) is 41.6 Å². The molecule has 0 aromatic heterocycles. The molecule has 0 saturated carbocycles. The lowest BCUT2D eigenvalue weighted by Crippen LogP contribution is -2.20. The van der Waals surface area contributed by atoms with E-state index in [4.69, 9.17) is 4.74 Å². The summed E-state index contributed by atoms with van der Waals surface area (Å²) in [5.41, 5.74) is 3.19. The predicted molar refractivity (Wildman–Crippen MR) is 83.9 cm³/mol. The molecule has 2 aromatic carbocycles. The van der Waals surface area contributed by atoms with Crippen molar-refractivity contribution in [1.82, 2.24) is 0 Å². The lowest BCUT2D eigenvalue weighted by molar-refractivity contribution is -0.118. The van der Waals surface area contributed by atoms with E-state index in [0.29, 0.717) is 5.75 Å². The molecule has 0 spiro atoms. The Balaban J connectivity index is 1.58. The van der Waals surface area contributed by atoms with Crippen LogP contribution in [-0.4, -0.2) is 26.1 Å². The summed E-state index contributed by atoms with van der Waals surface area (Å²) in [6.07, 6.45) is 1.04. The lowest BCUT2D eigenvalue weighted by atomic mass is 10.1. The molecular formula is C17H17FN2O2. The summed E-state index contributed by atoms with van der Waals surface area (Å²) in [6.45, 7) is 0.888. The Morgan fingerprint density at radius 2 is 2.05 bits per heavy atom. The first kappa shape index (κ1) is 14.4. The van der Waals surface area contributed by atoms with Crippen LogP contribution in [0.1, 0.15) is 5.56 Å². The number of rotatable bonds is 4. The third-order valence-electron chi connectivity index (χ3n) is 3.68. The van der Waals surface area contributed by atoms with Gasteiger partial charge in [-0.25, -0.2) is 4.39 Å². The molecule has 0 atom stereocenters. The number of hydrogen-bond acceptors (Lipinski definition) is 3. The zero-order valence-corrected chi connectivity index (χ0v) is 12.3. The van der Waals surface area contributed by atoms with E-state index in [1.807, 2.05) is 25.2 Å². The maximum atomic E-state index is 12.8. The fraction of sp³-hybridized carbons (Fsp3) is 0.235. The Hall–Kier alpha value is -2.56. The highest BCUT2D eigenvalue weighted by Crippen LogP contribution is 2.29. The first-order chi connectivity index (χ1) is 10.6. The van der Waals surface area contributed by atoms with Crippen molar-refractivity contribution in [1.29, 1.82) is 0 Å². The zero-order valence-electron chi connectivity index (χ0n) is 12.3. The minimum atomic E-state index is -0.334. The van der Waals surface area contributed by atoms with Gasteiger partial charge in [-0.1, -0.05) is 6.07 Å². The predicted octanol–water partition coefficient (Wildman–Crippen LogP) is 2.84. The second-order valence-corrected chi connectivity index (χ2v) is 5.31. The Morgan fingerprint density at radius 1 is 1.27 bits per heavy atom. The SMILES string of the molecule is CN1CCc2ccc(NC(=O)COc3ccc(F)cc3)cc21. The summed E-state index contributed by atoms with van der Waals surface area (Å²) >= 11 is 0. The van der Waals surface area contributed by atoms with E-state index in [-0.39, 0.29) is 18.3 Å². The maximum absolute atomic E-state index is 12.8. The van der Waals surface area contributed by atoms with Gasteiger partial charge in [0.2, 0.25) is 0 Å². The number of fused-ring (bicyclic) bond motifs is 1. The van der Waals surface area contributed by atoms with Crippen LogP contribution in [0.15, 0.2) is 42.5 Å². The van der Waals surface area contributed by atoms with Gasteiger partial charge in [-0.05, 0) is 48.4 Å². The van der Waals surface area contributed by atoms with E-state index >= 15 is 0 Å². The van der Waals surface area contributed by atoms with Gasteiger partial charge >= 0.3 is 0 Å². The van der Waals surface area contributed by atoms with Gasteiger partial charge in [-0.2, -0.15) is 0 Å². The van der Waals surface area contributed by atoms with Crippen LogP contribution in [0.2, 0.25) is 0 Å². The molecule has 22 heavy (non-hydrogen) atoms. The fourth-order valence-corrected chi connectivity index (χ4v) is 2.49. The normalized spacial score (nSPS) is 12.9. The van der Waals surface area contributed by atoms with Crippen molar-refractivity contribution in [3.05, 3.63) is 53.8 Å². The summed E-state index contributed by atoms with van der Waals surface area (Å²) in [7, 11) is 2.04.